The summed E-state index contributed by atoms with van der Waals surface area (Å²) in [6.45, 7) is 0. The number of nitrogens with one attached hydrogen (secondary N) is 1. The predicted molar refractivity (Wildman–Crippen MR) is 43.4 cm³/mol. The average Bonchev–Trinajstić information content (AvgIpc) is 2.01. The van der Waals surface area contributed by atoms with Gasteiger partial charge in [-0.05, 0) is 0 Å². The largest absolute Gasteiger partial charge is 0.392 e. The third-order valence-electron chi connectivity index (χ3n) is 1.44. The molecule has 1 aromatic heterocycles. The molecule has 1 heterocycles. The molecule has 0 saturated carbocycles. The summed E-state index contributed by atoms with van der Waals surface area (Å²) in [5.74, 6) is 0. The lowest BCUT2D eigenvalue weighted by Crippen LogP contribution is -2.23. The minimum absolute atomic E-state index is 0.199. The number of anilines is 2. The SMILES string of the molecule is CNc1cnn(C)c(=O)c1N. The molecule has 0 radical (unpaired) electrons. The Morgan fingerprint density at radius 1 is 1.73 bits per heavy atom. The highest BCUT2D eigenvalue weighted by Crippen LogP contribution is 2.07. The van der Waals surface area contributed by atoms with Crippen molar-refractivity contribution in [1.82, 2.24) is 9.78 Å². The van der Waals surface area contributed by atoms with E-state index in [1.807, 2.05) is 0 Å². The Hall–Kier alpha value is -1.52. The number of hydrogen-bond acceptors (Lipinski definition) is 4. The number of nitrogens with zero attached hydrogens (tertiary/aromatic N) is 2. The lowest BCUT2D eigenvalue weighted by Gasteiger charge is -2.03. The van der Waals surface area contributed by atoms with E-state index in [2.05, 4.69) is 10.4 Å². The smallest absolute Gasteiger partial charge is 0.291 e. The molecule has 0 aliphatic rings. The Morgan fingerprint density at radius 2 is 2.36 bits per heavy atom. The topological polar surface area (TPSA) is 72.9 Å². The van der Waals surface area contributed by atoms with Gasteiger partial charge in [0, 0.05) is 14.1 Å². The normalized spacial score (nSPS) is 9.64. The lowest BCUT2D eigenvalue weighted by atomic mass is 10.4. The number of rotatable bonds is 1. The van der Waals surface area contributed by atoms with Crippen LogP contribution in [0.5, 0.6) is 0 Å². The first-order chi connectivity index (χ1) is 5.16. The van der Waals surface area contributed by atoms with Crippen molar-refractivity contribution in [2.75, 3.05) is 18.1 Å². The predicted octanol–water partition coefficient (Wildman–Crippen LogP) is -0.596. The quantitative estimate of drug-likeness (QED) is 0.566. The van der Waals surface area contributed by atoms with E-state index in [0.29, 0.717) is 5.69 Å². The molecule has 60 valence electrons. The van der Waals surface area contributed by atoms with Crippen LogP contribution in [0.15, 0.2) is 11.0 Å². The second kappa shape index (κ2) is 2.61. The molecule has 5 heteroatoms. The first-order valence-corrected chi connectivity index (χ1v) is 3.16. The third-order valence-corrected chi connectivity index (χ3v) is 1.44. The molecule has 5 nitrogen and oxygen atoms in total. The fourth-order valence-corrected chi connectivity index (χ4v) is 0.755. The van der Waals surface area contributed by atoms with Crippen molar-refractivity contribution < 1.29 is 0 Å². The maximum absolute atomic E-state index is 11.1. The second-order valence-corrected chi connectivity index (χ2v) is 2.15. The van der Waals surface area contributed by atoms with Crippen molar-refractivity contribution in [2.45, 2.75) is 0 Å². The van der Waals surface area contributed by atoms with Gasteiger partial charge in [0.2, 0.25) is 0 Å². The Kier molecular flexibility index (Phi) is 1.80. The highest BCUT2D eigenvalue weighted by atomic mass is 16.1. The van der Waals surface area contributed by atoms with Gasteiger partial charge in [-0.15, -0.1) is 0 Å². The molecule has 3 N–H and O–H groups in total. The molecule has 11 heavy (non-hydrogen) atoms. The lowest BCUT2D eigenvalue weighted by molar-refractivity contribution is 0.711. The fourth-order valence-electron chi connectivity index (χ4n) is 0.755. The van der Waals surface area contributed by atoms with Crippen LogP contribution in [0, 0.1) is 0 Å². The molecular formula is C6H10N4O. The van der Waals surface area contributed by atoms with Gasteiger partial charge >= 0.3 is 0 Å². The molecule has 1 aromatic rings. The molecule has 0 bridgehead atoms. The minimum atomic E-state index is -0.281. The van der Waals surface area contributed by atoms with E-state index in [1.165, 1.54) is 10.9 Å². The average molecular weight is 154 g/mol. The Morgan fingerprint density at radius 3 is 2.91 bits per heavy atom. The Bertz CT molecular complexity index is 317. The summed E-state index contributed by atoms with van der Waals surface area (Å²) in [4.78, 5) is 11.1. The van der Waals surface area contributed by atoms with E-state index in [9.17, 15) is 4.79 Å². The molecule has 0 aliphatic carbocycles. The molecule has 0 unspecified atom stereocenters. The van der Waals surface area contributed by atoms with Crippen LogP contribution in [0.4, 0.5) is 11.4 Å². The standard InChI is InChI=1S/C6H10N4O/c1-8-4-3-9-10(2)6(11)5(4)7/h3,8H,7H2,1-2H3. The zero-order chi connectivity index (χ0) is 8.43. The number of nitrogen functional groups attached to an aromatic ring is 1. The van der Waals surface area contributed by atoms with Gasteiger partial charge in [0.15, 0.2) is 0 Å². The van der Waals surface area contributed by atoms with Gasteiger partial charge in [-0.1, -0.05) is 0 Å². The number of nitrogens with two attached hydrogens (primary N) is 1. The van der Waals surface area contributed by atoms with E-state index in [4.69, 9.17) is 5.73 Å². The molecule has 0 saturated heterocycles. The van der Waals surface area contributed by atoms with Crippen molar-refractivity contribution in [1.29, 1.82) is 0 Å². The Balaban J connectivity index is 3.37. The monoisotopic (exact) mass is 154 g/mol. The van der Waals surface area contributed by atoms with Crippen molar-refractivity contribution in [3.05, 3.63) is 16.6 Å². The molecule has 0 amide bonds. The summed E-state index contributed by atoms with van der Waals surface area (Å²) in [7, 11) is 3.24. The Labute approximate surface area is 63.8 Å². The maximum atomic E-state index is 11.1. The molecule has 1 rings (SSSR count). The van der Waals surface area contributed by atoms with Crippen molar-refractivity contribution in [3.63, 3.8) is 0 Å². The summed E-state index contributed by atoms with van der Waals surface area (Å²) < 4.78 is 1.19. The van der Waals surface area contributed by atoms with Crippen molar-refractivity contribution in [3.8, 4) is 0 Å². The molecule has 0 aromatic carbocycles. The zero-order valence-electron chi connectivity index (χ0n) is 6.46. The van der Waals surface area contributed by atoms with Crippen LogP contribution < -0.4 is 16.6 Å². The van der Waals surface area contributed by atoms with E-state index < -0.39 is 0 Å². The summed E-state index contributed by atoms with van der Waals surface area (Å²) in [6.07, 6.45) is 1.51. The van der Waals surface area contributed by atoms with Crippen LogP contribution in [-0.4, -0.2) is 16.8 Å². The van der Waals surface area contributed by atoms with Crippen LogP contribution in [0.1, 0.15) is 0 Å². The molecule has 0 aliphatic heterocycles. The highest BCUT2D eigenvalue weighted by molar-refractivity contribution is 5.62. The summed E-state index contributed by atoms with van der Waals surface area (Å²) in [6, 6.07) is 0. The van der Waals surface area contributed by atoms with E-state index in [1.54, 1.807) is 14.1 Å². The van der Waals surface area contributed by atoms with E-state index in [0.717, 1.165) is 0 Å². The summed E-state index contributed by atoms with van der Waals surface area (Å²) >= 11 is 0. The third kappa shape index (κ3) is 1.17. The number of aromatic nitrogens is 2. The van der Waals surface area contributed by atoms with Gasteiger partial charge < -0.3 is 11.1 Å². The van der Waals surface area contributed by atoms with E-state index in [-0.39, 0.29) is 11.2 Å². The molecule has 0 spiro atoms. The second-order valence-electron chi connectivity index (χ2n) is 2.15. The van der Waals surface area contributed by atoms with Gasteiger partial charge in [-0.25, -0.2) is 4.68 Å². The summed E-state index contributed by atoms with van der Waals surface area (Å²) in [5.41, 5.74) is 5.94. The van der Waals surface area contributed by atoms with Gasteiger partial charge in [0.05, 0.1) is 11.9 Å². The van der Waals surface area contributed by atoms with Gasteiger partial charge in [0.1, 0.15) is 5.69 Å². The van der Waals surface area contributed by atoms with Crippen molar-refractivity contribution in [2.24, 2.45) is 7.05 Å². The van der Waals surface area contributed by atoms with E-state index >= 15 is 0 Å². The van der Waals surface area contributed by atoms with Crippen LogP contribution in [0.2, 0.25) is 0 Å². The molecular weight excluding hydrogens is 144 g/mol. The molecule has 0 atom stereocenters. The van der Waals surface area contributed by atoms with Crippen LogP contribution in [0.3, 0.4) is 0 Å². The van der Waals surface area contributed by atoms with Gasteiger partial charge in [-0.2, -0.15) is 5.10 Å². The van der Waals surface area contributed by atoms with Gasteiger partial charge in [0.25, 0.3) is 5.56 Å². The van der Waals surface area contributed by atoms with Crippen LogP contribution in [0.25, 0.3) is 0 Å². The van der Waals surface area contributed by atoms with Crippen LogP contribution >= 0.6 is 0 Å². The van der Waals surface area contributed by atoms with Gasteiger partial charge in [-0.3, -0.25) is 4.79 Å². The van der Waals surface area contributed by atoms with Crippen LogP contribution in [-0.2, 0) is 7.05 Å². The fraction of sp³-hybridized carbons (Fsp3) is 0.333. The summed E-state index contributed by atoms with van der Waals surface area (Å²) in [5, 5.41) is 6.53. The highest BCUT2D eigenvalue weighted by Gasteiger charge is 2.02. The first kappa shape index (κ1) is 7.59. The zero-order valence-corrected chi connectivity index (χ0v) is 6.46. The minimum Gasteiger partial charge on any atom is -0.392 e. The number of aryl methyl sites for hydroxylation is 1. The first-order valence-electron chi connectivity index (χ1n) is 3.16. The number of hydrogen-bond donors (Lipinski definition) is 2. The van der Waals surface area contributed by atoms with Crippen molar-refractivity contribution >= 4 is 11.4 Å². The molecule has 0 fully saturated rings. The maximum Gasteiger partial charge on any atom is 0.291 e.